The molecule has 2 aliphatic rings. The Kier molecular flexibility index (Phi) is 5.13. The minimum atomic E-state index is -0.352. The number of isocyanates is 2. The molecule has 0 radical (unpaired) electrons. The Bertz CT molecular complexity index is 403. The molecule has 4 heteroatoms. The van der Waals surface area contributed by atoms with Gasteiger partial charge in [0, 0.05) is 0 Å². The van der Waals surface area contributed by atoms with Crippen LogP contribution < -0.4 is 0 Å². The molecule has 0 spiro atoms. The Morgan fingerprint density at radius 2 is 1.14 bits per heavy atom. The number of nitrogens with zero attached hydrogens (tertiary/aromatic N) is 2. The van der Waals surface area contributed by atoms with Crippen molar-refractivity contribution in [2.24, 2.45) is 21.8 Å². The number of aliphatic imine (C=N–C) groups is 2. The second-order valence-electron chi connectivity index (χ2n) is 7.40. The summed E-state index contributed by atoms with van der Waals surface area (Å²) >= 11 is 0. The maximum Gasteiger partial charge on any atom is 0.235 e. The van der Waals surface area contributed by atoms with Gasteiger partial charge in [-0.05, 0) is 69.6 Å². The minimum absolute atomic E-state index is 0.352. The first-order valence-electron chi connectivity index (χ1n) is 8.21. The summed E-state index contributed by atoms with van der Waals surface area (Å²) in [7, 11) is 0. The van der Waals surface area contributed by atoms with E-state index in [0.717, 1.165) is 51.4 Å². The second-order valence-corrected chi connectivity index (χ2v) is 7.40. The van der Waals surface area contributed by atoms with Crippen LogP contribution in [0.5, 0.6) is 0 Å². The van der Waals surface area contributed by atoms with Gasteiger partial charge in [-0.3, -0.25) is 0 Å². The molecule has 0 aliphatic heterocycles. The topological polar surface area (TPSA) is 58.9 Å². The molecule has 2 fully saturated rings. The number of carbonyl (C=O) groups excluding carboxylic acids is 2. The van der Waals surface area contributed by atoms with E-state index >= 15 is 0 Å². The fraction of sp³-hybridized carbons (Fsp3) is 0.882. The largest absolute Gasteiger partial charge is 0.235 e. The highest BCUT2D eigenvalue weighted by atomic mass is 16.1. The number of hydrogen-bond acceptors (Lipinski definition) is 4. The molecule has 0 unspecified atom stereocenters. The highest BCUT2D eigenvalue weighted by Gasteiger charge is 2.44. The second kappa shape index (κ2) is 6.68. The van der Waals surface area contributed by atoms with Gasteiger partial charge in [-0.15, -0.1) is 0 Å². The molecule has 21 heavy (non-hydrogen) atoms. The molecule has 2 rings (SSSR count). The molecule has 0 atom stereocenters. The van der Waals surface area contributed by atoms with Gasteiger partial charge in [0.1, 0.15) is 0 Å². The SMILES string of the molecule is CC1CCC(CC2(N=C=O)CCC(C)CC2)(N=C=O)CC1. The van der Waals surface area contributed by atoms with Crippen molar-refractivity contribution < 1.29 is 9.59 Å². The summed E-state index contributed by atoms with van der Waals surface area (Å²) in [4.78, 5) is 30.2. The molecule has 116 valence electrons. The Morgan fingerprint density at radius 3 is 1.43 bits per heavy atom. The third kappa shape index (κ3) is 3.90. The van der Waals surface area contributed by atoms with Crippen molar-refractivity contribution >= 4 is 12.2 Å². The average molecular weight is 290 g/mol. The van der Waals surface area contributed by atoms with E-state index < -0.39 is 0 Å². The summed E-state index contributed by atoms with van der Waals surface area (Å²) in [5.41, 5.74) is -0.704. The predicted octanol–water partition coefficient (Wildman–Crippen LogP) is 3.95. The third-order valence-corrected chi connectivity index (χ3v) is 5.63. The zero-order valence-electron chi connectivity index (χ0n) is 13.2. The maximum atomic E-state index is 10.9. The van der Waals surface area contributed by atoms with Crippen LogP contribution in [0.15, 0.2) is 9.98 Å². The fourth-order valence-corrected chi connectivity index (χ4v) is 4.06. The van der Waals surface area contributed by atoms with Crippen LogP contribution in [-0.4, -0.2) is 23.2 Å². The van der Waals surface area contributed by atoms with Crippen molar-refractivity contribution in [2.75, 3.05) is 0 Å². The van der Waals surface area contributed by atoms with Crippen LogP contribution in [0, 0.1) is 11.8 Å². The lowest BCUT2D eigenvalue weighted by Gasteiger charge is -2.43. The van der Waals surface area contributed by atoms with Gasteiger partial charge in [-0.25, -0.2) is 9.59 Å². The predicted molar refractivity (Wildman–Crippen MR) is 81.6 cm³/mol. The summed E-state index contributed by atoms with van der Waals surface area (Å²) < 4.78 is 0. The molecule has 0 aromatic rings. The van der Waals surface area contributed by atoms with Crippen molar-refractivity contribution in [3.05, 3.63) is 0 Å². The van der Waals surface area contributed by atoms with Crippen LogP contribution in [0.1, 0.15) is 71.6 Å². The molecule has 2 saturated carbocycles. The molecule has 0 heterocycles. The number of rotatable bonds is 4. The first-order chi connectivity index (χ1) is 10.0. The smallest absolute Gasteiger partial charge is 0.211 e. The van der Waals surface area contributed by atoms with E-state index in [1.165, 1.54) is 0 Å². The monoisotopic (exact) mass is 290 g/mol. The zero-order valence-corrected chi connectivity index (χ0v) is 13.2. The summed E-state index contributed by atoms with van der Waals surface area (Å²) in [6, 6.07) is 0. The lowest BCUT2D eigenvalue weighted by molar-refractivity contribution is 0.149. The van der Waals surface area contributed by atoms with Crippen LogP contribution in [0.25, 0.3) is 0 Å². The summed E-state index contributed by atoms with van der Waals surface area (Å²) in [5, 5.41) is 0. The van der Waals surface area contributed by atoms with E-state index in [1.54, 1.807) is 12.2 Å². The van der Waals surface area contributed by atoms with Crippen molar-refractivity contribution in [2.45, 2.75) is 82.7 Å². The Balaban J connectivity index is 2.20. The lowest BCUT2D eigenvalue weighted by atomic mass is 9.66. The van der Waals surface area contributed by atoms with Crippen LogP contribution in [0.4, 0.5) is 0 Å². The quantitative estimate of drug-likeness (QED) is 0.581. The van der Waals surface area contributed by atoms with Gasteiger partial charge in [0.25, 0.3) is 0 Å². The molecule has 0 bridgehead atoms. The normalized spacial score (nSPS) is 39.9. The van der Waals surface area contributed by atoms with Gasteiger partial charge < -0.3 is 0 Å². The van der Waals surface area contributed by atoms with Gasteiger partial charge in [0.05, 0.1) is 11.1 Å². The maximum absolute atomic E-state index is 10.9. The van der Waals surface area contributed by atoms with E-state index in [2.05, 4.69) is 23.8 Å². The van der Waals surface area contributed by atoms with E-state index in [-0.39, 0.29) is 11.1 Å². The molecule has 0 saturated heterocycles. The van der Waals surface area contributed by atoms with Crippen molar-refractivity contribution in [3.8, 4) is 0 Å². The highest BCUT2D eigenvalue weighted by molar-refractivity contribution is 5.37. The summed E-state index contributed by atoms with van der Waals surface area (Å²) in [6.45, 7) is 4.49. The Morgan fingerprint density at radius 1 is 0.810 bits per heavy atom. The lowest BCUT2D eigenvalue weighted by Crippen LogP contribution is -2.43. The molecule has 0 N–H and O–H groups in total. The highest BCUT2D eigenvalue weighted by Crippen LogP contribution is 2.46. The van der Waals surface area contributed by atoms with Gasteiger partial charge in [0.2, 0.25) is 12.2 Å². The van der Waals surface area contributed by atoms with Crippen LogP contribution in [0.3, 0.4) is 0 Å². The Labute approximate surface area is 127 Å². The molecule has 0 aromatic heterocycles. The van der Waals surface area contributed by atoms with Gasteiger partial charge >= 0.3 is 0 Å². The number of hydrogen-bond donors (Lipinski definition) is 0. The van der Waals surface area contributed by atoms with Gasteiger partial charge in [-0.1, -0.05) is 13.8 Å². The molecule has 0 aromatic carbocycles. The van der Waals surface area contributed by atoms with Crippen molar-refractivity contribution in [3.63, 3.8) is 0 Å². The Hall–Kier alpha value is -1.24. The molecular weight excluding hydrogens is 264 g/mol. The van der Waals surface area contributed by atoms with Gasteiger partial charge in [0.15, 0.2) is 0 Å². The van der Waals surface area contributed by atoms with Crippen LogP contribution in [0.2, 0.25) is 0 Å². The average Bonchev–Trinajstić information content (AvgIpc) is 2.46. The molecular formula is C17H26N2O2. The minimum Gasteiger partial charge on any atom is -0.211 e. The van der Waals surface area contributed by atoms with E-state index in [0.29, 0.717) is 18.3 Å². The van der Waals surface area contributed by atoms with E-state index in [4.69, 9.17) is 0 Å². The first-order valence-corrected chi connectivity index (χ1v) is 8.21. The third-order valence-electron chi connectivity index (χ3n) is 5.63. The van der Waals surface area contributed by atoms with E-state index in [1.807, 2.05) is 0 Å². The standard InChI is InChI=1S/C17H26N2O2/c1-14-3-7-16(8-4-14,18-12-20)11-17(19-13-21)9-5-15(2)6-10-17/h14-15H,3-11H2,1-2H3. The van der Waals surface area contributed by atoms with Crippen LogP contribution in [-0.2, 0) is 9.59 Å². The van der Waals surface area contributed by atoms with Crippen molar-refractivity contribution in [1.29, 1.82) is 0 Å². The zero-order chi connectivity index (χ0) is 15.3. The summed E-state index contributed by atoms with van der Waals surface area (Å²) in [5.74, 6) is 1.38. The molecule has 0 amide bonds. The van der Waals surface area contributed by atoms with Crippen molar-refractivity contribution in [1.82, 2.24) is 0 Å². The fourth-order valence-electron chi connectivity index (χ4n) is 4.06. The first kappa shape index (κ1) is 16.1. The molecule has 4 nitrogen and oxygen atoms in total. The summed E-state index contributed by atoms with van der Waals surface area (Å²) in [6.07, 6.45) is 12.3. The van der Waals surface area contributed by atoms with E-state index in [9.17, 15) is 9.59 Å². The van der Waals surface area contributed by atoms with Crippen LogP contribution >= 0.6 is 0 Å². The van der Waals surface area contributed by atoms with Gasteiger partial charge in [-0.2, -0.15) is 9.98 Å². The molecule has 2 aliphatic carbocycles.